The van der Waals surface area contributed by atoms with Crippen LogP contribution in [0.15, 0.2) is 91.6 Å². The number of piperazine rings is 1. The summed E-state index contributed by atoms with van der Waals surface area (Å²) < 4.78 is 1.90. The number of nitrogens with zero attached hydrogens (tertiary/aromatic N) is 6. The number of phenolic OH excluding ortho intramolecular Hbond substituents is 1. The first-order valence-corrected chi connectivity index (χ1v) is 18.3. The fraction of sp³-hybridized carbons (Fsp3) is 0.381. The molecule has 1 aromatic heterocycles. The van der Waals surface area contributed by atoms with E-state index >= 15 is 0 Å². The molecule has 0 aliphatic carbocycles. The predicted molar refractivity (Wildman–Crippen MR) is 206 cm³/mol. The largest absolute Gasteiger partial charge is 0.508 e. The number of hydrazine groups is 1. The Morgan fingerprint density at radius 1 is 1.00 bits per heavy atom. The number of aromatic hydroxyl groups is 1. The minimum Gasteiger partial charge on any atom is -0.508 e. The quantitative estimate of drug-likeness (QED) is 0.199. The van der Waals surface area contributed by atoms with Crippen LogP contribution in [0.4, 0.5) is 0 Å². The Bertz CT molecular complexity index is 2030. The second-order valence-corrected chi connectivity index (χ2v) is 15.2. The molecule has 2 aliphatic rings. The molecule has 0 radical (unpaired) electrons. The third-order valence-corrected chi connectivity index (χ3v) is 10.4. The molecule has 12 nitrogen and oxygen atoms in total. The van der Waals surface area contributed by atoms with E-state index in [2.05, 4.69) is 6.58 Å². The number of hydrogen-bond acceptors (Lipinski definition) is 7. The summed E-state index contributed by atoms with van der Waals surface area (Å²) >= 11 is 0. The van der Waals surface area contributed by atoms with Gasteiger partial charge in [0.1, 0.15) is 18.0 Å². The van der Waals surface area contributed by atoms with Crippen molar-refractivity contribution in [3.8, 4) is 5.75 Å². The van der Waals surface area contributed by atoms with E-state index in [9.17, 15) is 29.4 Å². The van der Waals surface area contributed by atoms with E-state index in [4.69, 9.17) is 0 Å². The Morgan fingerprint density at radius 2 is 1.72 bits per heavy atom. The summed E-state index contributed by atoms with van der Waals surface area (Å²) in [7, 11) is 3.59. The third-order valence-electron chi connectivity index (χ3n) is 10.4. The number of aryl methyl sites for hydroxylation is 2. The summed E-state index contributed by atoms with van der Waals surface area (Å²) in [5, 5.41) is 23.9. The molecule has 3 aromatic carbocycles. The summed E-state index contributed by atoms with van der Waals surface area (Å²) in [5.74, 6) is -0.760. The number of rotatable bonds is 13. The number of fused-ring (bicyclic) bond motifs is 2. The monoisotopic (exact) mass is 734 g/mol. The second kappa shape index (κ2) is 15.9. The molecule has 0 saturated carbocycles. The molecule has 0 bridgehead atoms. The van der Waals surface area contributed by atoms with Gasteiger partial charge in [-0.1, -0.05) is 80.6 Å². The van der Waals surface area contributed by atoms with Crippen LogP contribution in [0.1, 0.15) is 47.3 Å². The zero-order valence-corrected chi connectivity index (χ0v) is 31.5. The van der Waals surface area contributed by atoms with Gasteiger partial charge in [-0.2, -0.15) is 0 Å². The maximum Gasteiger partial charge on any atom is 0.255 e. The van der Waals surface area contributed by atoms with Crippen molar-refractivity contribution in [2.45, 2.75) is 51.9 Å². The number of aliphatic hydroxyl groups excluding tert-OH is 1. The van der Waals surface area contributed by atoms with Crippen molar-refractivity contribution in [1.82, 2.24) is 29.3 Å². The first kappa shape index (κ1) is 38.3. The maximum absolute atomic E-state index is 14.6. The van der Waals surface area contributed by atoms with Gasteiger partial charge < -0.3 is 29.5 Å². The topological polar surface area (TPSA) is 130 Å². The van der Waals surface area contributed by atoms with Crippen molar-refractivity contribution < 1.29 is 29.4 Å². The fourth-order valence-corrected chi connectivity index (χ4v) is 7.80. The molecule has 2 N–H and O–H groups in total. The van der Waals surface area contributed by atoms with Crippen LogP contribution in [-0.2, 0) is 40.8 Å². The van der Waals surface area contributed by atoms with Crippen molar-refractivity contribution >= 4 is 34.5 Å². The molecular weight excluding hydrogens is 684 g/mol. The number of aliphatic hydroxyl groups is 1. The average Bonchev–Trinajstić information content (AvgIpc) is 3.50. The molecule has 12 heteroatoms. The molecular formula is C42H50N6O6. The zero-order chi connectivity index (χ0) is 38.7. The number of para-hydroxylation sites is 1. The SMILES string of the molecule is C=CCN1CC(=O)N2[C@@H](Cc3ccc(O)cc3)C(=O)N(Cc3cccc4c(C(=O)N(C)CC(C)(C)CO)cn(C)c34)C[C@@H]2N1C(=O)CCc1ccccc1. The second-order valence-electron chi connectivity index (χ2n) is 15.2. The number of hydrogen-bond donors (Lipinski definition) is 2. The van der Waals surface area contributed by atoms with Gasteiger partial charge in [0, 0.05) is 70.2 Å². The summed E-state index contributed by atoms with van der Waals surface area (Å²) in [6.07, 6.45) is 3.60. The third kappa shape index (κ3) is 7.90. The van der Waals surface area contributed by atoms with E-state index in [0.717, 1.165) is 27.6 Å². The number of carbonyl (C=O) groups is 4. The molecule has 6 rings (SSSR count). The number of benzene rings is 3. The summed E-state index contributed by atoms with van der Waals surface area (Å²) in [6.45, 7) is 8.43. The summed E-state index contributed by atoms with van der Waals surface area (Å²) in [4.78, 5) is 61.6. The van der Waals surface area contributed by atoms with Gasteiger partial charge in [0.25, 0.3) is 5.91 Å². The number of amides is 4. The molecule has 4 aromatic rings. The first-order chi connectivity index (χ1) is 25.8. The van der Waals surface area contributed by atoms with E-state index in [1.165, 1.54) is 0 Å². The first-order valence-electron chi connectivity index (χ1n) is 18.3. The normalized spacial score (nSPS) is 17.9. The predicted octanol–water partition coefficient (Wildman–Crippen LogP) is 3.96. The van der Waals surface area contributed by atoms with Gasteiger partial charge in [-0.3, -0.25) is 19.2 Å². The molecule has 0 unspecified atom stereocenters. The Balaban J connectivity index is 1.37. The maximum atomic E-state index is 14.6. The highest BCUT2D eigenvalue weighted by Gasteiger charge is 2.51. The van der Waals surface area contributed by atoms with E-state index < -0.39 is 17.6 Å². The van der Waals surface area contributed by atoms with Crippen molar-refractivity contribution in [2.75, 3.05) is 39.8 Å². The summed E-state index contributed by atoms with van der Waals surface area (Å²) in [6, 6.07) is 21.1. The molecule has 284 valence electrons. The zero-order valence-electron chi connectivity index (χ0n) is 31.5. The van der Waals surface area contributed by atoms with Gasteiger partial charge in [0.05, 0.1) is 24.2 Å². The van der Waals surface area contributed by atoms with Gasteiger partial charge in [0.2, 0.25) is 17.7 Å². The molecule has 2 fully saturated rings. The summed E-state index contributed by atoms with van der Waals surface area (Å²) in [5.41, 5.74) is 3.43. The van der Waals surface area contributed by atoms with E-state index in [1.54, 1.807) is 68.3 Å². The van der Waals surface area contributed by atoms with Crippen LogP contribution in [0.5, 0.6) is 5.75 Å². The highest BCUT2D eigenvalue weighted by molar-refractivity contribution is 6.07. The van der Waals surface area contributed by atoms with Gasteiger partial charge in [-0.25, -0.2) is 10.0 Å². The number of carbonyl (C=O) groups excluding carboxylic acids is 4. The van der Waals surface area contributed by atoms with Gasteiger partial charge >= 0.3 is 0 Å². The fourth-order valence-electron chi connectivity index (χ4n) is 7.80. The Morgan fingerprint density at radius 3 is 2.41 bits per heavy atom. The molecule has 4 amide bonds. The van der Waals surface area contributed by atoms with Crippen molar-refractivity contribution in [1.29, 1.82) is 0 Å². The molecule has 2 atom stereocenters. The Labute approximate surface area is 316 Å². The highest BCUT2D eigenvalue weighted by atomic mass is 16.3. The lowest BCUT2D eigenvalue weighted by Gasteiger charge is -2.55. The van der Waals surface area contributed by atoms with Gasteiger partial charge in [0.15, 0.2) is 0 Å². The minimum absolute atomic E-state index is 0.0622. The molecule has 2 saturated heterocycles. The standard InChI is InChI=1S/C42H50N6O6/c1-6-21-46-26-38(52)47-35(22-30-15-18-32(50)19-16-30)41(54)45(25-36(47)48(46)37(51)20-17-29-11-8-7-9-12-29)23-31-13-10-14-33-34(24-43(4)39(31)33)40(53)44(5)27-42(2,3)28-49/h6-16,18-19,24,35-36,49-50H,1,17,20-23,25-28H2,2-5H3/t35-,36-/m0/s1. The van der Waals surface area contributed by atoms with E-state index in [1.807, 2.05) is 74.0 Å². The van der Waals surface area contributed by atoms with Crippen molar-refractivity contribution in [3.05, 3.63) is 114 Å². The number of aromatic nitrogens is 1. The van der Waals surface area contributed by atoms with Crippen molar-refractivity contribution in [3.63, 3.8) is 0 Å². The Hall–Kier alpha value is -5.46. The molecule has 0 spiro atoms. The van der Waals surface area contributed by atoms with Crippen molar-refractivity contribution in [2.24, 2.45) is 12.5 Å². The number of phenols is 1. The van der Waals surface area contributed by atoms with Gasteiger partial charge in [-0.05, 0) is 35.2 Å². The van der Waals surface area contributed by atoms with E-state index in [0.29, 0.717) is 18.5 Å². The van der Waals surface area contributed by atoms with Crippen LogP contribution in [0.3, 0.4) is 0 Å². The Kier molecular flexibility index (Phi) is 11.3. The van der Waals surface area contributed by atoms with Crippen LogP contribution in [-0.4, -0.2) is 115 Å². The average molecular weight is 735 g/mol. The lowest BCUT2D eigenvalue weighted by Crippen LogP contribution is -2.75. The van der Waals surface area contributed by atoms with Crippen LogP contribution in [0.25, 0.3) is 10.9 Å². The molecule has 3 heterocycles. The minimum atomic E-state index is -0.913. The smallest absolute Gasteiger partial charge is 0.255 e. The lowest BCUT2D eigenvalue weighted by molar-refractivity contribution is -0.205. The molecule has 54 heavy (non-hydrogen) atoms. The van der Waals surface area contributed by atoms with Crippen LogP contribution in [0, 0.1) is 5.41 Å². The lowest BCUT2D eigenvalue weighted by atomic mass is 9.94. The van der Waals surface area contributed by atoms with E-state index in [-0.39, 0.29) is 75.0 Å². The van der Waals surface area contributed by atoms with Crippen LogP contribution < -0.4 is 0 Å². The highest BCUT2D eigenvalue weighted by Crippen LogP contribution is 2.32. The van der Waals surface area contributed by atoms with Crippen LogP contribution >= 0.6 is 0 Å². The van der Waals surface area contributed by atoms with Gasteiger partial charge in [-0.15, -0.1) is 6.58 Å². The molecule has 2 aliphatic heterocycles. The van der Waals surface area contributed by atoms with Crippen LogP contribution in [0.2, 0.25) is 0 Å².